The monoisotopic (exact) mass is 420 g/mol. The van der Waals surface area contributed by atoms with E-state index in [1.807, 2.05) is 18.2 Å². The first-order valence-corrected chi connectivity index (χ1v) is 9.70. The number of amides is 1. The molecule has 0 aromatic heterocycles. The minimum atomic E-state index is -0.0495. The van der Waals surface area contributed by atoms with E-state index < -0.39 is 0 Å². The van der Waals surface area contributed by atoms with Crippen LogP contribution in [0, 0.1) is 0 Å². The fourth-order valence-corrected chi connectivity index (χ4v) is 4.01. The van der Waals surface area contributed by atoms with Crippen LogP contribution in [0.1, 0.15) is 37.7 Å². The average Bonchev–Trinajstić information content (AvgIpc) is 2.88. The third-order valence-electron chi connectivity index (χ3n) is 4.48. The van der Waals surface area contributed by atoms with Crippen LogP contribution in [-0.4, -0.2) is 28.6 Å². The number of rotatable bonds is 5. The predicted octanol–water partition coefficient (Wildman–Crippen LogP) is 4.40. The van der Waals surface area contributed by atoms with Crippen molar-refractivity contribution in [3.8, 4) is 5.75 Å². The molecule has 0 radical (unpaired) electrons. The summed E-state index contributed by atoms with van der Waals surface area (Å²) in [6.45, 7) is 4.08. The molecule has 2 fully saturated rings. The van der Waals surface area contributed by atoms with Gasteiger partial charge < -0.3 is 10.1 Å². The van der Waals surface area contributed by atoms with Crippen molar-refractivity contribution in [1.82, 2.24) is 10.2 Å². The molecule has 1 aliphatic heterocycles. The lowest BCUT2D eigenvalue weighted by Gasteiger charge is -2.29. The Morgan fingerprint density at radius 1 is 1.36 bits per heavy atom. The summed E-state index contributed by atoms with van der Waals surface area (Å²) in [5, 5.41) is 3.59. The Hall–Kier alpha value is -1.66. The number of benzene rings is 1. The van der Waals surface area contributed by atoms with E-state index in [1.165, 1.54) is 6.42 Å². The molecule has 0 atom stereocenters. The molecule has 25 heavy (non-hydrogen) atoms. The summed E-state index contributed by atoms with van der Waals surface area (Å²) in [7, 11) is 0. The van der Waals surface area contributed by atoms with Crippen molar-refractivity contribution in [1.29, 1.82) is 0 Å². The summed E-state index contributed by atoms with van der Waals surface area (Å²) in [6.07, 6.45) is 9.08. The normalized spacial score (nSPS) is 20.0. The first-order valence-electron chi connectivity index (χ1n) is 8.49. The maximum atomic E-state index is 12.9. The van der Waals surface area contributed by atoms with Crippen molar-refractivity contribution in [3.63, 3.8) is 0 Å². The number of carbonyl (C=O) groups excluding carboxylic acids is 1. The van der Waals surface area contributed by atoms with Crippen LogP contribution >= 0.6 is 28.1 Å². The number of hydrogen-bond acceptors (Lipinski definition) is 3. The number of nitrogens with zero attached hydrogens (tertiary/aromatic N) is 1. The van der Waals surface area contributed by atoms with Gasteiger partial charge in [-0.1, -0.05) is 47.8 Å². The number of ether oxygens (including phenoxy) is 1. The Labute approximate surface area is 162 Å². The molecule has 1 aromatic rings. The summed E-state index contributed by atoms with van der Waals surface area (Å²) in [5.74, 6) is 0.652. The summed E-state index contributed by atoms with van der Waals surface area (Å²) < 4.78 is 6.61. The third-order valence-corrected chi connectivity index (χ3v) is 5.27. The average molecular weight is 421 g/mol. The van der Waals surface area contributed by atoms with Crippen LogP contribution in [0.25, 0.3) is 6.08 Å². The second-order valence-electron chi connectivity index (χ2n) is 6.24. The van der Waals surface area contributed by atoms with Crippen LogP contribution in [-0.2, 0) is 4.79 Å². The Morgan fingerprint density at radius 3 is 2.84 bits per heavy atom. The number of thiocarbonyl (C=S) groups is 1. The lowest BCUT2D eigenvalue weighted by atomic mass is 9.94. The van der Waals surface area contributed by atoms with Gasteiger partial charge in [0.25, 0.3) is 5.91 Å². The molecule has 1 aliphatic carbocycles. The van der Waals surface area contributed by atoms with Gasteiger partial charge in [-0.2, -0.15) is 0 Å². The van der Waals surface area contributed by atoms with Gasteiger partial charge >= 0.3 is 0 Å². The molecule has 1 saturated heterocycles. The summed E-state index contributed by atoms with van der Waals surface area (Å²) >= 11 is 8.89. The van der Waals surface area contributed by atoms with Crippen molar-refractivity contribution in [2.45, 2.75) is 38.1 Å². The number of carbonyl (C=O) groups is 1. The molecule has 1 heterocycles. The van der Waals surface area contributed by atoms with Crippen LogP contribution in [0.5, 0.6) is 5.75 Å². The van der Waals surface area contributed by atoms with Gasteiger partial charge in [-0.3, -0.25) is 9.69 Å². The molecule has 0 unspecified atom stereocenters. The minimum absolute atomic E-state index is 0.0495. The van der Waals surface area contributed by atoms with Crippen molar-refractivity contribution in [2.75, 3.05) is 6.61 Å². The number of nitrogens with one attached hydrogen (secondary N) is 1. The van der Waals surface area contributed by atoms with E-state index in [0.29, 0.717) is 23.2 Å². The highest BCUT2D eigenvalue weighted by Crippen LogP contribution is 2.29. The second kappa shape index (κ2) is 8.15. The number of hydrogen-bond donors (Lipinski definition) is 1. The van der Waals surface area contributed by atoms with E-state index in [4.69, 9.17) is 17.0 Å². The maximum Gasteiger partial charge on any atom is 0.276 e. The summed E-state index contributed by atoms with van der Waals surface area (Å²) in [4.78, 5) is 14.6. The zero-order chi connectivity index (χ0) is 17.8. The van der Waals surface area contributed by atoms with Crippen molar-refractivity contribution in [2.24, 2.45) is 0 Å². The van der Waals surface area contributed by atoms with Gasteiger partial charge in [0.15, 0.2) is 5.11 Å². The van der Waals surface area contributed by atoms with E-state index in [1.54, 1.807) is 17.1 Å². The smallest absolute Gasteiger partial charge is 0.276 e. The zero-order valence-electron chi connectivity index (χ0n) is 14.0. The second-order valence-corrected chi connectivity index (χ2v) is 7.54. The minimum Gasteiger partial charge on any atom is -0.489 e. The van der Waals surface area contributed by atoms with Crippen molar-refractivity contribution >= 4 is 45.2 Å². The highest BCUT2D eigenvalue weighted by Gasteiger charge is 2.36. The summed E-state index contributed by atoms with van der Waals surface area (Å²) in [6, 6.07) is 5.92. The highest BCUT2D eigenvalue weighted by atomic mass is 79.9. The van der Waals surface area contributed by atoms with E-state index in [2.05, 4.69) is 27.8 Å². The Kier molecular flexibility index (Phi) is 5.91. The van der Waals surface area contributed by atoms with Gasteiger partial charge in [0.1, 0.15) is 18.1 Å². The molecule has 0 spiro atoms. The van der Waals surface area contributed by atoms with Crippen molar-refractivity contribution < 1.29 is 9.53 Å². The van der Waals surface area contributed by atoms with Crippen LogP contribution in [0.4, 0.5) is 0 Å². The topological polar surface area (TPSA) is 41.6 Å². The molecule has 4 nitrogen and oxygen atoms in total. The van der Waals surface area contributed by atoms with Gasteiger partial charge in [0.2, 0.25) is 0 Å². The van der Waals surface area contributed by atoms with Gasteiger partial charge in [0, 0.05) is 16.1 Å². The first kappa shape index (κ1) is 18.1. The van der Waals surface area contributed by atoms with Crippen LogP contribution in [0.3, 0.4) is 0 Å². The number of halogens is 1. The lowest BCUT2D eigenvalue weighted by molar-refractivity contribution is -0.124. The standard InChI is InChI=1S/C19H21BrN2O2S/c1-2-10-24-17-9-8-14(20)11-13(17)12-16-18(23)22(19(25)21-16)15-6-4-3-5-7-15/h2,8-9,11-12,15H,1,3-7,10H2,(H,21,25)/b16-12-. The van der Waals surface area contributed by atoms with Gasteiger partial charge in [-0.25, -0.2) is 0 Å². The molecule has 1 saturated carbocycles. The van der Waals surface area contributed by atoms with Gasteiger partial charge in [-0.05, 0) is 49.3 Å². The molecule has 6 heteroatoms. The van der Waals surface area contributed by atoms with E-state index in [0.717, 1.165) is 35.7 Å². The van der Waals surface area contributed by atoms with E-state index in [9.17, 15) is 4.79 Å². The molecule has 2 aliphatic rings. The molecule has 1 aromatic carbocycles. The lowest BCUT2D eigenvalue weighted by Crippen LogP contribution is -2.41. The Balaban J connectivity index is 1.86. The first-order chi connectivity index (χ1) is 12.1. The van der Waals surface area contributed by atoms with Crippen LogP contribution in [0.15, 0.2) is 41.0 Å². The largest absolute Gasteiger partial charge is 0.489 e. The van der Waals surface area contributed by atoms with Gasteiger partial charge in [-0.15, -0.1) is 0 Å². The molecule has 1 N–H and O–H groups in total. The maximum absolute atomic E-state index is 12.9. The van der Waals surface area contributed by atoms with E-state index in [-0.39, 0.29) is 11.9 Å². The molecule has 0 bridgehead atoms. The summed E-state index contributed by atoms with van der Waals surface area (Å²) in [5.41, 5.74) is 1.32. The molecule has 3 rings (SSSR count). The van der Waals surface area contributed by atoms with E-state index >= 15 is 0 Å². The highest BCUT2D eigenvalue weighted by molar-refractivity contribution is 9.10. The fourth-order valence-electron chi connectivity index (χ4n) is 3.29. The van der Waals surface area contributed by atoms with Crippen LogP contribution in [0.2, 0.25) is 0 Å². The fraction of sp³-hybridized carbons (Fsp3) is 0.368. The quantitative estimate of drug-likeness (QED) is 0.435. The molecular formula is C19H21BrN2O2S. The molecule has 1 amide bonds. The predicted molar refractivity (Wildman–Crippen MR) is 107 cm³/mol. The Morgan fingerprint density at radius 2 is 2.12 bits per heavy atom. The zero-order valence-corrected chi connectivity index (χ0v) is 16.4. The SMILES string of the molecule is C=CCOc1ccc(Br)cc1/C=C1\NC(=S)N(C2CCCCC2)C1=O. The van der Waals surface area contributed by atoms with Crippen molar-refractivity contribution in [3.05, 3.63) is 46.6 Å². The Bertz CT molecular complexity index is 726. The van der Waals surface area contributed by atoms with Crippen LogP contribution < -0.4 is 10.1 Å². The molecular weight excluding hydrogens is 400 g/mol. The molecule has 132 valence electrons. The van der Waals surface area contributed by atoms with Gasteiger partial charge in [0.05, 0.1) is 0 Å². The third kappa shape index (κ3) is 4.12.